The van der Waals surface area contributed by atoms with E-state index in [0.29, 0.717) is 18.3 Å². The van der Waals surface area contributed by atoms with E-state index in [2.05, 4.69) is 27.4 Å². The molecule has 6 nitrogen and oxygen atoms in total. The van der Waals surface area contributed by atoms with Crippen molar-refractivity contribution in [2.45, 2.75) is 25.9 Å². The number of thiazole rings is 1. The molecular formula is C13H22Cl2N4O2S. The van der Waals surface area contributed by atoms with Crippen molar-refractivity contribution in [3.8, 4) is 0 Å². The summed E-state index contributed by atoms with van der Waals surface area (Å²) in [4.78, 5) is 20.3. The van der Waals surface area contributed by atoms with Crippen LogP contribution in [0, 0.1) is 0 Å². The van der Waals surface area contributed by atoms with Crippen molar-refractivity contribution in [3.63, 3.8) is 0 Å². The van der Waals surface area contributed by atoms with Crippen molar-refractivity contribution in [3.05, 3.63) is 10.6 Å². The molecule has 1 saturated heterocycles. The number of aromatic nitrogens is 1. The Labute approximate surface area is 146 Å². The number of nitrogens with one attached hydrogen (secondary N) is 2. The van der Waals surface area contributed by atoms with E-state index in [1.807, 2.05) is 0 Å². The molecule has 0 aliphatic carbocycles. The molecule has 2 aliphatic heterocycles. The van der Waals surface area contributed by atoms with E-state index in [4.69, 9.17) is 4.74 Å². The third kappa shape index (κ3) is 4.53. The van der Waals surface area contributed by atoms with E-state index < -0.39 is 0 Å². The van der Waals surface area contributed by atoms with Crippen LogP contribution in [0.4, 0.5) is 5.13 Å². The zero-order valence-electron chi connectivity index (χ0n) is 12.5. The number of hydrogen-bond donors (Lipinski definition) is 2. The maximum Gasteiger partial charge on any atom is 0.245 e. The van der Waals surface area contributed by atoms with Gasteiger partial charge in [-0.05, 0) is 6.54 Å². The van der Waals surface area contributed by atoms with E-state index in [-0.39, 0.29) is 36.8 Å². The molecule has 126 valence electrons. The first-order valence-electron chi connectivity index (χ1n) is 7.09. The average molecular weight is 369 g/mol. The standard InChI is InChI=1S/C13H20N4O2S.2ClH/c1-2-17-5-3-9-11(7-17)20-13(15-9)16-12(18)10-8-19-6-4-14-10;;/h10,14H,2-8H2,1H3,(H,15,16,18);2*1H. The van der Waals surface area contributed by atoms with Gasteiger partial charge >= 0.3 is 0 Å². The quantitative estimate of drug-likeness (QED) is 0.841. The van der Waals surface area contributed by atoms with Crippen LogP contribution in [-0.2, 0) is 22.5 Å². The lowest BCUT2D eigenvalue weighted by Gasteiger charge is -2.23. The topological polar surface area (TPSA) is 66.5 Å². The molecule has 9 heteroatoms. The molecule has 1 aromatic heterocycles. The molecule has 0 spiro atoms. The van der Waals surface area contributed by atoms with Gasteiger partial charge in [0.15, 0.2) is 5.13 Å². The number of likely N-dealkylation sites (N-methyl/N-ethyl adjacent to an activating group) is 1. The second kappa shape index (κ2) is 9.00. The summed E-state index contributed by atoms with van der Waals surface area (Å²) >= 11 is 1.59. The molecule has 0 aromatic carbocycles. The normalized spacial score (nSPS) is 21.2. The molecule has 1 unspecified atom stereocenters. The number of carbonyl (C=O) groups excluding carboxylic acids is 1. The number of amides is 1. The molecule has 2 aliphatic rings. The fourth-order valence-corrected chi connectivity index (χ4v) is 3.55. The molecule has 22 heavy (non-hydrogen) atoms. The number of ether oxygens (including phenoxy) is 1. The highest BCUT2D eigenvalue weighted by Crippen LogP contribution is 2.28. The van der Waals surface area contributed by atoms with Crippen LogP contribution in [-0.4, -0.2) is 54.7 Å². The number of carbonyl (C=O) groups is 1. The summed E-state index contributed by atoms with van der Waals surface area (Å²) in [6, 6.07) is -0.267. The lowest BCUT2D eigenvalue weighted by atomic mass is 10.2. The summed E-state index contributed by atoms with van der Waals surface area (Å²) in [7, 11) is 0. The smallest absolute Gasteiger partial charge is 0.245 e. The van der Waals surface area contributed by atoms with Gasteiger partial charge in [0.05, 0.1) is 18.9 Å². The minimum absolute atomic E-state index is 0. The van der Waals surface area contributed by atoms with Gasteiger partial charge in [-0.25, -0.2) is 4.98 Å². The first kappa shape index (κ1) is 19.6. The van der Waals surface area contributed by atoms with Crippen molar-refractivity contribution in [2.75, 3.05) is 38.2 Å². The van der Waals surface area contributed by atoms with Gasteiger partial charge in [0.1, 0.15) is 6.04 Å². The van der Waals surface area contributed by atoms with Gasteiger partial charge in [0.2, 0.25) is 5.91 Å². The van der Waals surface area contributed by atoms with Crippen LogP contribution in [0.25, 0.3) is 0 Å². The van der Waals surface area contributed by atoms with Crippen molar-refractivity contribution in [2.24, 2.45) is 0 Å². The second-order valence-electron chi connectivity index (χ2n) is 5.08. The van der Waals surface area contributed by atoms with Crippen LogP contribution in [0.15, 0.2) is 0 Å². The minimum atomic E-state index is -0.267. The molecule has 0 saturated carbocycles. The maximum atomic E-state index is 12.1. The Hall–Kier alpha value is -0.440. The fraction of sp³-hybridized carbons (Fsp3) is 0.692. The third-order valence-corrected chi connectivity index (χ3v) is 4.72. The van der Waals surface area contributed by atoms with Crippen molar-refractivity contribution >= 4 is 47.2 Å². The van der Waals surface area contributed by atoms with Gasteiger partial charge in [-0.15, -0.1) is 36.2 Å². The molecular weight excluding hydrogens is 347 g/mol. The van der Waals surface area contributed by atoms with E-state index in [9.17, 15) is 4.79 Å². The minimum Gasteiger partial charge on any atom is -0.378 e. The van der Waals surface area contributed by atoms with Gasteiger partial charge in [0, 0.05) is 30.9 Å². The summed E-state index contributed by atoms with van der Waals surface area (Å²) in [6.45, 7) is 7.05. The predicted octanol–water partition coefficient (Wildman–Crippen LogP) is 1.29. The largest absolute Gasteiger partial charge is 0.378 e. The Morgan fingerprint density at radius 2 is 2.36 bits per heavy atom. The Morgan fingerprint density at radius 1 is 1.55 bits per heavy atom. The van der Waals surface area contributed by atoms with Gasteiger partial charge in [-0.3, -0.25) is 9.69 Å². The van der Waals surface area contributed by atoms with E-state index in [1.54, 1.807) is 11.3 Å². The van der Waals surface area contributed by atoms with Crippen LogP contribution in [0.1, 0.15) is 17.5 Å². The number of nitrogens with zero attached hydrogens (tertiary/aromatic N) is 2. The molecule has 1 aromatic rings. The third-order valence-electron chi connectivity index (χ3n) is 3.73. The van der Waals surface area contributed by atoms with Gasteiger partial charge in [-0.1, -0.05) is 6.92 Å². The number of hydrogen-bond acceptors (Lipinski definition) is 6. The van der Waals surface area contributed by atoms with E-state index in [1.165, 1.54) is 4.88 Å². The zero-order chi connectivity index (χ0) is 13.9. The van der Waals surface area contributed by atoms with Crippen LogP contribution >= 0.6 is 36.2 Å². The highest BCUT2D eigenvalue weighted by atomic mass is 35.5. The van der Waals surface area contributed by atoms with Gasteiger partial charge in [0.25, 0.3) is 0 Å². The molecule has 2 N–H and O–H groups in total. The van der Waals surface area contributed by atoms with Crippen LogP contribution in [0.3, 0.4) is 0 Å². The number of fused-ring (bicyclic) bond motifs is 1. The molecule has 3 rings (SSSR count). The lowest BCUT2D eigenvalue weighted by molar-refractivity contribution is -0.120. The zero-order valence-corrected chi connectivity index (χ0v) is 14.9. The Morgan fingerprint density at radius 3 is 3.05 bits per heavy atom. The molecule has 1 amide bonds. The number of rotatable bonds is 3. The molecule has 1 atom stereocenters. The molecule has 0 bridgehead atoms. The molecule has 1 fully saturated rings. The first-order chi connectivity index (χ1) is 9.76. The van der Waals surface area contributed by atoms with E-state index in [0.717, 1.165) is 38.3 Å². The number of morpholine rings is 1. The molecule has 0 radical (unpaired) electrons. The van der Waals surface area contributed by atoms with Crippen molar-refractivity contribution in [1.82, 2.24) is 15.2 Å². The van der Waals surface area contributed by atoms with Gasteiger partial charge < -0.3 is 15.4 Å². The predicted molar refractivity (Wildman–Crippen MR) is 92.5 cm³/mol. The first-order valence-corrected chi connectivity index (χ1v) is 7.91. The fourth-order valence-electron chi connectivity index (χ4n) is 2.50. The Balaban J connectivity index is 0.00000121. The SMILES string of the molecule is CCN1CCc2nc(NC(=O)C3COCCN3)sc2C1.Cl.Cl. The highest BCUT2D eigenvalue weighted by Gasteiger charge is 2.24. The summed E-state index contributed by atoms with van der Waals surface area (Å²) in [6.07, 6.45) is 0.973. The number of anilines is 1. The Bertz CT molecular complexity index is 494. The molecule has 3 heterocycles. The second-order valence-corrected chi connectivity index (χ2v) is 6.16. The number of halogens is 2. The van der Waals surface area contributed by atoms with Crippen molar-refractivity contribution < 1.29 is 9.53 Å². The van der Waals surface area contributed by atoms with Gasteiger partial charge in [-0.2, -0.15) is 0 Å². The Kier molecular flexibility index (Phi) is 8.02. The van der Waals surface area contributed by atoms with Crippen LogP contribution < -0.4 is 10.6 Å². The highest BCUT2D eigenvalue weighted by molar-refractivity contribution is 7.15. The summed E-state index contributed by atoms with van der Waals surface area (Å²) in [5.41, 5.74) is 1.14. The van der Waals surface area contributed by atoms with E-state index >= 15 is 0 Å². The van der Waals surface area contributed by atoms with Crippen LogP contribution in [0.2, 0.25) is 0 Å². The van der Waals surface area contributed by atoms with Crippen LogP contribution in [0.5, 0.6) is 0 Å². The maximum absolute atomic E-state index is 12.1. The summed E-state index contributed by atoms with van der Waals surface area (Å²) in [5, 5.41) is 6.77. The van der Waals surface area contributed by atoms with Crippen molar-refractivity contribution in [1.29, 1.82) is 0 Å². The summed E-state index contributed by atoms with van der Waals surface area (Å²) < 4.78 is 5.30. The lowest BCUT2D eigenvalue weighted by Crippen LogP contribution is -2.48. The summed E-state index contributed by atoms with van der Waals surface area (Å²) in [5.74, 6) is -0.0526. The monoisotopic (exact) mass is 368 g/mol. The average Bonchev–Trinajstić information content (AvgIpc) is 2.89.